The maximum atomic E-state index is 12.8. The summed E-state index contributed by atoms with van der Waals surface area (Å²) >= 11 is 1.10. The minimum Gasteiger partial charge on any atom is -0.492 e. The molecule has 1 heterocycles. The lowest BCUT2D eigenvalue weighted by molar-refractivity contribution is -0.121. The quantitative estimate of drug-likeness (QED) is 0.785. The Morgan fingerprint density at radius 3 is 2.62 bits per heavy atom. The summed E-state index contributed by atoms with van der Waals surface area (Å²) in [5, 5.41) is 8.62. The van der Waals surface area contributed by atoms with E-state index in [0.717, 1.165) is 16.7 Å². The first-order valence-electron chi connectivity index (χ1n) is 8.10. The van der Waals surface area contributed by atoms with Crippen LogP contribution in [0.2, 0.25) is 0 Å². The number of rotatable bonds is 6. The molecule has 1 fully saturated rings. The minimum absolute atomic E-state index is 0.0118. The number of hydrogen-bond donors (Lipinski definition) is 1. The van der Waals surface area contributed by atoms with Gasteiger partial charge in [-0.2, -0.15) is 0 Å². The summed E-state index contributed by atoms with van der Waals surface area (Å²) in [6.45, 7) is 2.24. The molecule has 0 aromatic heterocycles. The first-order valence-corrected chi connectivity index (χ1v) is 8.98. The fraction of sp³-hybridized carbons (Fsp3) is 0.211. The Bertz CT molecular complexity index is 867. The number of aromatic carboxylic acids is 1. The van der Waals surface area contributed by atoms with Crippen molar-refractivity contribution >= 4 is 35.2 Å². The largest absolute Gasteiger partial charge is 0.492 e. The summed E-state index contributed by atoms with van der Waals surface area (Å²) in [6.07, 6.45) is 0.0118. The van der Waals surface area contributed by atoms with E-state index in [-0.39, 0.29) is 23.8 Å². The number of carboxylic acid groups (broad SMARTS) is 1. The van der Waals surface area contributed by atoms with Crippen molar-refractivity contribution in [1.29, 1.82) is 0 Å². The number of benzene rings is 2. The lowest BCUT2D eigenvalue weighted by atomic mass is 10.2. The van der Waals surface area contributed by atoms with Gasteiger partial charge < -0.3 is 9.84 Å². The van der Waals surface area contributed by atoms with Crippen LogP contribution in [0, 0.1) is 0 Å². The van der Waals surface area contributed by atoms with Gasteiger partial charge in [-0.3, -0.25) is 9.59 Å². The molecule has 1 atom stereocenters. The second kappa shape index (κ2) is 7.61. The molecule has 7 heteroatoms. The van der Waals surface area contributed by atoms with Crippen molar-refractivity contribution in [2.45, 2.75) is 23.5 Å². The van der Waals surface area contributed by atoms with Crippen molar-refractivity contribution in [3.8, 4) is 5.75 Å². The van der Waals surface area contributed by atoms with Gasteiger partial charge in [0, 0.05) is 11.3 Å². The summed E-state index contributed by atoms with van der Waals surface area (Å²) in [5.41, 5.74) is 0.532. The molecule has 0 spiro atoms. The number of para-hydroxylation sites is 2. The zero-order valence-corrected chi connectivity index (χ0v) is 14.9. The van der Waals surface area contributed by atoms with E-state index in [0.29, 0.717) is 22.9 Å². The van der Waals surface area contributed by atoms with Gasteiger partial charge in [-0.1, -0.05) is 24.3 Å². The Morgan fingerprint density at radius 2 is 1.88 bits per heavy atom. The van der Waals surface area contributed by atoms with E-state index in [1.165, 1.54) is 6.07 Å². The molecule has 134 valence electrons. The van der Waals surface area contributed by atoms with Crippen LogP contribution in [-0.2, 0) is 9.59 Å². The van der Waals surface area contributed by atoms with Crippen LogP contribution in [0.1, 0.15) is 23.7 Å². The predicted octanol–water partition coefficient (Wildman–Crippen LogP) is 3.21. The summed E-state index contributed by atoms with van der Waals surface area (Å²) in [7, 11) is 0. The Morgan fingerprint density at radius 1 is 1.19 bits per heavy atom. The predicted molar refractivity (Wildman–Crippen MR) is 97.8 cm³/mol. The second-order valence-corrected chi connectivity index (χ2v) is 6.82. The molecule has 0 bridgehead atoms. The van der Waals surface area contributed by atoms with Crippen LogP contribution < -0.4 is 9.64 Å². The maximum absolute atomic E-state index is 12.8. The maximum Gasteiger partial charge on any atom is 0.336 e. The fourth-order valence-electron chi connectivity index (χ4n) is 2.77. The molecule has 1 aliphatic rings. The second-order valence-electron chi connectivity index (χ2n) is 5.58. The third kappa shape index (κ3) is 3.43. The molecule has 3 rings (SSSR count). The lowest BCUT2D eigenvalue weighted by Gasteiger charge is -2.18. The van der Waals surface area contributed by atoms with Gasteiger partial charge >= 0.3 is 5.97 Å². The van der Waals surface area contributed by atoms with E-state index >= 15 is 0 Å². The highest BCUT2D eigenvalue weighted by atomic mass is 32.2. The van der Waals surface area contributed by atoms with Crippen LogP contribution in [0.25, 0.3) is 0 Å². The first-order chi connectivity index (χ1) is 12.5. The van der Waals surface area contributed by atoms with Crippen LogP contribution in [-0.4, -0.2) is 34.7 Å². The first kappa shape index (κ1) is 18.0. The molecule has 2 amide bonds. The van der Waals surface area contributed by atoms with Gasteiger partial charge in [0.25, 0.3) is 0 Å². The molecule has 2 aromatic carbocycles. The number of anilines is 1. The normalized spacial score (nSPS) is 16.8. The zero-order chi connectivity index (χ0) is 18.7. The number of ether oxygens (including phenoxy) is 1. The van der Waals surface area contributed by atoms with Crippen LogP contribution in [0.5, 0.6) is 5.75 Å². The molecular weight excluding hydrogens is 354 g/mol. The summed E-state index contributed by atoms with van der Waals surface area (Å²) in [5.74, 6) is -1.29. The lowest BCUT2D eigenvalue weighted by Crippen LogP contribution is -2.31. The van der Waals surface area contributed by atoms with Crippen molar-refractivity contribution < 1.29 is 24.2 Å². The molecule has 26 heavy (non-hydrogen) atoms. The van der Waals surface area contributed by atoms with Gasteiger partial charge in [-0.15, -0.1) is 11.8 Å². The van der Waals surface area contributed by atoms with Crippen molar-refractivity contribution in [3.05, 3.63) is 54.1 Å². The molecule has 1 saturated heterocycles. The molecule has 0 saturated carbocycles. The average Bonchev–Trinajstić information content (AvgIpc) is 2.90. The average molecular weight is 371 g/mol. The summed E-state index contributed by atoms with van der Waals surface area (Å²) in [4.78, 5) is 38.3. The van der Waals surface area contributed by atoms with E-state index in [2.05, 4.69) is 0 Å². The van der Waals surface area contributed by atoms with Crippen LogP contribution >= 0.6 is 11.8 Å². The number of nitrogens with zero attached hydrogens (tertiary/aromatic N) is 1. The van der Waals surface area contributed by atoms with Gasteiger partial charge in [0.05, 0.1) is 23.1 Å². The van der Waals surface area contributed by atoms with E-state index in [4.69, 9.17) is 4.74 Å². The smallest absolute Gasteiger partial charge is 0.336 e. The molecule has 0 aliphatic carbocycles. The van der Waals surface area contributed by atoms with Gasteiger partial charge in [-0.25, -0.2) is 9.69 Å². The van der Waals surface area contributed by atoms with Gasteiger partial charge in [0.1, 0.15) is 5.75 Å². The molecule has 0 radical (unpaired) electrons. The van der Waals surface area contributed by atoms with Crippen molar-refractivity contribution in [3.63, 3.8) is 0 Å². The van der Waals surface area contributed by atoms with Crippen LogP contribution in [0.3, 0.4) is 0 Å². The van der Waals surface area contributed by atoms with Gasteiger partial charge in [0.15, 0.2) is 0 Å². The monoisotopic (exact) mass is 371 g/mol. The van der Waals surface area contributed by atoms with E-state index in [1.54, 1.807) is 42.5 Å². The van der Waals surface area contributed by atoms with E-state index in [9.17, 15) is 19.5 Å². The SMILES string of the molecule is CCOc1ccccc1N1C(=O)C[C@H](Sc2ccccc2C(=O)O)C1=O. The molecule has 6 nitrogen and oxygen atoms in total. The standard InChI is InChI=1S/C19H17NO5S/c1-2-25-14-9-5-4-8-13(14)20-17(21)11-16(18(20)22)26-15-10-6-3-7-12(15)19(23)24/h3-10,16H,2,11H2,1H3,(H,23,24)/t16-/m0/s1. The Balaban J connectivity index is 1.88. The van der Waals surface area contributed by atoms with E-state index in [1.807, 2.05) is 6.92 Å². The number of carboxylic acids is 1. The molecule has 1 aliphatic heterocycles. The van der Waals surface area contributed by atoms with Crippen molar-refractivity contribution in [2.75, 3.05) is 11.5 Å². The summed E-state index contributed by atoms with van der Waals surface area (Å²) < 4.78 is 5.52. The highest BCUT2D eigenvalue weighted by molar-refractivity contribution is 8.00. The number of imide groups is 1. The molecule has 1 N–H and O–H groups in total. The topological polar surface area (TPSA) is 83.9 Å². The molecule has 2 aromatic rings. The number of thioether (sulfide) groups is 1. The Labute approximate surface area is 154 Å². The number of hydrogen-bond acceptors (Lipinski definition) is 5. The van der Waals surface area contributed by atoms with Crippen LogP contribution in [0.15, 0.2) is 53.4 Å². The van der Waals surface area contributed by atoms with Crippen molar-refractivity contribution in [2.24, 2.45) is 0 Å². The summed E-state index contributed by atoms with van der Waals surface area (Å²) in [6, 6.07) is 13.3. The van der Waals surface area contributed by atoms with Gasteiger partial charge in [-0.05, 0) is 31.2 Å². The molecular formula is C19H17NO5S. The zero-order valence-electron chi connectivity index (χ0n) is 14.0. The Kier molecular flexibility index (Phi) is 5.27. The third-order valence-corrected chi connectivity index (χ3v) is 5.16. The fourth-order valence-corrected chi connectivity index (χ4v) is 3.95. The van der Waals surface area contributed by atoms with Crippen molar-refractivity contribution in [1.82, 2.24) is 0 Å². The minimum atomic E-state index is -1.07. The van der Waals surface area contributed by atoms with E-state index < -0.39 is 11.2 Å². The number of carbonyl (C=O) groups excluding carboxylic acids is 2. The molecule has 0 unspecified atom stereocenters. The third-order valence-electron chi connectivity index (χ3n) is 3.90. The van der Waals surface area contributed by atoms with Gasteiger partial charge in [0.2, 0.25) is 11.8 Å². The van der Waals surface area contributed by atoms with Crippen LogP contribution in [0.4, 0.5) is 5.69 Å². The highest BCUT2D eigenvalue weighted by Gasteiger charge is 2.41. The number of carbonyl (C=O) groups is 3. The number of amides is 2. The Hall–Kier alpha value is -2.80. The highest BCUT2D eigenvalue weighted by Crippen LogP contribution is 2.38.